The van der Waals surface area contributed by atoms with E-state index in [2.05, 4.69) is 24.1 Å². The lowest BCUT2D eigenvalue weighted by Gasteiger charge is -2.24. The van der Waals surface area contributed by atoms with Gasteiger partial charge in [-0.2, -0.15) is 0 Å². The zero-order chi connectivity index (χ0) is 12.0. The van der Waals surface area contributed by atoms with Crippen LogP contribution in [0.1, 0.15) is 20.3 Å². The molecule has 0 amide bonds. The van der Waals surface area contributed by atoms with E-state index in [0.717, 1.165) is 18.7 Å². The minimum Gasteiger partial charge on any atom is -0.481 e. The van der Waals surface area contributed by atoms with E-state index in [1.54, 1.807) is 13.3 Å². The van der Waals surface area contributed by atoms with Crippen LogP contribution in [0.2, 0.25) is 0 Å². The van der Waals surface area contributed by atoms with Crippen LogP contribution in [0.4, 0.5) is 5.69 Å². The maximum atomic E-state index is 5.76. The van der Waals surface area contributed by atoms with Crippen molar-refractivity contribution in [2.45, 2.75) is 20.3 Å². The van der Waals surface area contributed by atoms with Crippen LogP contribution in [0.15, 0.2) is 18.3 Å². The molecule has 0 unspecified atom stereocenters. The number of ether oxygens (including phenoxy) is 1. The third kappa shape index (κ3) is 4.27. The molecule has 1 aromatic rings. The minimum atomic E-state index is 0.193. The first-order valence-corrected chi connectivity index (χ1v) is 5.91. The van der Waals surface area contributed by atoms with Gasteiger partial charge in [0.05, 0.1) is 7.11 Å². The Morgan fingerprint density at radius 3 is 2.88 bits per heavy atom. The molecule has 0 aliphatic heterocycles. The molecule has 0 saturated heterocycles. The Hall–Kier alpha value is -0.960. The molecule has 90 valence electrons. The largest absolute Gasteiger partial charge is 0.481 e. The Balaban J connectivity index is 2.53. The van der Waals surface area contributed by atoms with Gasteiger partial charge >= 0.3 is 0 Å². The third-order valence-electron chi connectivity index (χ3n) is 2.49. The van der Waals surface area contributed by atoms with E-state index in [-0.39, 0.29) is 5.41 Å². The second-order valence-corrected chi connectivity index (χ2v) is 4.92. The summed E-state index contributed by atoms with van der Waals surface area (Å²) < 4.78 is 5.06. The van der Waals surface area contributed by atoms with Crippen molar-refractivity contribution in [3.63, 3.8) is 0 Å². The van der Waals surface area contributed by atoms with Gasteiger partial charge in [0.15, 0.2) is 0 Å². The van der Waals surface area contributed by atoms with Crippen LogP contribution in [-0.2, 0) is 0 Å². The van der Waals surface area contributed by atoms with Crippen LogP contribution in [0.25, 0.3) is 0 Å². The summed E-state index contributed by atoms with van der Waals surface area (Å²) >= 11 is 5.76. The Morgan fingerprint density at radius 1 is 1.50 bits per heavy atom. The highest BCUT2D eigenvalue weighted by Gasteiger charge is 2.16. The number of aromatic nitrogens is 1. The standard InChI is InChI=1S/C12H19ClN2O/c1-12(2,5-6-13)9-15-10-4-7-14-11(8-10)16-3/h4,7-8H,5-6,9H2,1-3H3,(H,14,15). The maximum Gasteiger partial charge on any atom is 0.214 e. The van der Waals surface area contributed by atoms with E-state index in [9.17, 15) is 0 Å². The smallest absolute Gasteiger partial charge is 0.214 e. The third-order valence-corrected chi connectivity index (χ3v) is 2.68. The van der Waals surface area contributed by atoms with Gasteiger partial charge in [-0.15, -0.1) is 11.6 Å². The predicted molar refractivity (Wildman–Crippen MR) is 68.4 cm³/mol. The molecule has 1 N–H and O–H groups in total. The van der Waals surface area contributed by atoms with Crippen molar-refractivity contribution in [2.24, 2.45) is 5.41 Å². The molecular formula is C12H19ClN2O. The maximum absolute atomic E-state index is 5.76. The summed E-state index contributed by atoms with van der Waals surface area (Å²) in [5, 5.41) is 3.37. The highest BCUT2D eigenvalue weighted by atomic mass is 35.5. The first-order chi connectivity index (χ1) is 7.57. The van der Waals surface area contributed by atoms with Crippen LogP contribution in [0.3, 0.4) is 0 Å². The van der Waals surface area contributed by atoms with Crippen LogP contribution in [0, 0.1) is 5.41 Å². The van der Waals surface area contributed by atoms with Gasteiger partial charge in [-0.05, 0) is 17.9 Å². The zero-order valence-electron chi connectivity index (χ0n) is 10.1. The molecule has 0 spiro atoms. The SMILES string of the molecule is COc1cc(NCC(C)(C)CCCl)ccn1. The van der Waals surface area contributed by atoms with E-state index in [4.69, 9.17) is 16.3 Å². The lowest BCUT2D eigenvalue weighted by Crippen LogP contribution is -2.23. The van der Waals surface area contributed by atoms with Crippen molar-refractivity contribution in [1.82, 2.24) is 4.98 Å². The van der Waals surface area contributed by atoms with Crippen LogP contribution < -0.4 is 10.1 Å². The van der Waals surface area contributed by atoms with Crippen molar-refractivity contribution < 1.29 is 4.74 Å². The number of pyridine rings is 1. The van der Waals surface area contributed by atoms with E-state index >= 15 is 0 Å². The van der Waals surface area contributed by atoms with Gasteiger partial charge < -0.3 is 10.1 Å². The van der Waals surface area contributed by atoms with Gasteiger partial charge in [0.2, 0.25) is 5.88 Å². The van der Waals surface area contributed by atoms with Crippen LogP contribution in [-0.4, -0.2) is 24.5 Å². The Bertz CT molecular complexity index is 329. The normalized spacial score (nSPS) is 11.2. The summed E-state index contributed by atoms with van der Waals surface area (Å²) in [6.07, 6.45) is 2.72. The molecule has 0 atom stereocenters. The average Bonchev–Trinajstić information content (AvgIpc) is 2.27. The number of nitrogens with one attached hydrogen (secondary N) is 1. The number of hydrogen-bond donors (Lipinski definition) is 1. The average molecular weight is 243 g/mol. The topological polar surface area (TPSA) is 34.1 Å². The van der Waals surface area contributed by atoms with Gasteiger partial charge in [0.25, 0.3) is 0 Å². The fourth-order valence-electron chi connectivity index (χ4n) is 1.32. The highest BCUT2D eigenvalue weighted by Crippen LogP contribution is 2.22. The van der Waals surface area contributed by atoms with Gasteiger partial charge in [-0.25, -0.2) is 4.98 Å². The summed E-state index contributed by atoms with van der Waals surface area (Å²) in [6, 6.07) is 3.82. The molecule has 0 radical (unpaired) electrons. The fourth-order valence-corrected chi connectivity index (χ4v) is 1.83. The quantitative estimate of drug-likeness (QED) is 0.779. The van der Waals surface area contributed by atoms with E-state index < -0.39 is 0 Å². The number of methoxy groups -OCH3 is 1. The monoisotopic (exact) mass is 242 g/mol. The fraction of sp³-hybridized carbons (Fsp3) is 0.583. The molecule has 3 nitrogen and oxygen atoms in total. The molecule has 0 fully saturated rings. The number of nitrogens with zero attached hydrogens (tertiary/aromatic N) is 1. The number of halogens is 1. The lowest BCUT2D eigenvalue weighted by atomic mass is 9.90. The molecule has 1 rings (SSSR count). The van der Waals surface area contributed by atoms with E-state index in [0.29, 0.717) is 11.8 Å². The van der Waals surface area contributed by atoms with Gasteiger partial charge in [-0.3, -0.25) is 0 Å². The molecule has 16 heavy (non-hydrogen) atoms. The number of anilines is 1. The van der Waals surface area contributed by atoms with E-state index in [1.807, 2.05) is 12.1 Å². The summed E-state index contributed by atoms with van der Waals surface area (Å²) in [7, 11) is 1.61. The lowest BCUT2D eigenvalue weighted by molar-refractivity contribution is 0.378. The molecule has 0 aromatic carbocycles. The van der Waals surface area contributed by atoms with E-state index in [1.165, 1.54) is 0 Å². The van der Waals surface area contributed by atoms with Crippen molar-refractivity contribution in [3.8, 4) is 5.88 Å². The Kier molecular flexibility index (Phi) is 4.87. The van der Waals surface area contributed by atoms with Gasteiger partial charge in [0, 0.05) is 30.4 Å². The van der Waals surface area contributed by atoms with Crippen LogP contribution in [0.5, 0.6) is 5.88 Å². The van der Waals surface area contributed by atoms with Crippen molar-refractivity contribution in [1.29, 1.82) is 0 Å². The number of alkyl halides is 1. The molecule has 0 bridgehead atoms. The first-order valence-electron chi connectivity index (χ1n) is 5.37. The highest BCUT2D eigenvalue weighted by molar-refractivity contribution is 6.17. The second kappa shape index (κ2) is 5.94. The Morgan fingerprint density at radius 2 is 2.25 bits per heavy atom. The van der Waals surface area contributed by atoms with Crippen molar-refractivity contribution >= 4 is 17.3 Å². The Labute approximate surface area is 102 Å². The molecule has 1 heterocycles. The van der Waals surface area contributed by atoms with Crippen molar-refractivity contribution in [3.05, 3.63) is 18.3 Å². The van der Waals surface area contributed by atoms with Crippen molar-refractivity contribution in [2.75, 3.05) is 24.9 Å². The molecule has 0 aliphatic carbocycles. The molecule has 0 saturated carbocycles. The van der Waals surface area contributed by atoms with Gasteiger partial charge in [-0.1, -0.05) is 13.8 Å². The number of hydrogen-bond acceptors (Lipinski definition) is 3. The summed E-state index contributed by atoms with van der Waals surface area (Å²) in [5.74, 6) is 1.31. The molecule has 4 heteroatoms. The minimum absolute atomic E-state index is 0.193. The molecular weight excluding hydrogens is 224 g/mol. The summed E-state index contributed by atoms with van der Waals surface area (Å²) in [4.78, 5) is 4.06. The summed E-state index contributed by atoms with van der Waals surface area (Å²) in [6.45, 7) is 5.27. The summed E-state index contributed by atoms with van der Waals surface area (Å²) in [5.41, 5.74) is 1.22. The number of rotatable bonds is 6. The first kappa shape index (κ1) is 13.1. The molecule has 0 aliphatic rings. The predicted octanol–water partition coefficient (Wildman–Crippen LogP) is 3.16. The zero-order valence-corrected chi connectivity index (χ0v) is 10.8. The van der Waals surface area contributed by atoms with Crippen LogP contribution >= 0.6 is 11.6 Å². The molecule has 1 aromatic heterocycles. The second-order valence-electron chi connectivity index (χ2n) is 4.54. The van der Waals surface area contributed by atoms with Gasteiger partial charge in [0.1, 0.15) is 0 Å².